The van der Waals surface area contributed by atoms with Gasteiger partial charge in [-0.25, -0.2) is 0 Å². The van der Waals surface area contributed by atoms with Gasteiger partial charge < -0.3 is 10.4 Å². The number of amides is 1. The Kier molecular flexibility index (Phi) is 8.22. The monoisotopic (exact) mass is 450 g/mol. The molecule has 0 aliphatic heterocycles. The molecule has 0 aliphatic rings. The zero-order valence-electron chi connectivity index (χ0n) is 16.4. The van der Waals surface area contributed by atoms with Crippen LogP contribution < -0.4 is 5.32 Å². The van der Waals surface area contributed by atoms with E-state index in [0.29, 0.717) is 31.7 Å². The highest BCUT2D eigenvalue weighted by molar-refractivity contribution is 7.85. The molecule has 0 radical (unpaired) electrons. The van der Waals surface area contributed by atoms with Crippen molar-refractivity contribution in [2.45, 2.75) is 30.6 Å². The Hall–Kier alpha value is -3.31. The van der Waals surface area contributed by atoms with Crippen molar-refractivity contribution in [1.29, 1.82) is 0 Å². The van der Waals surface area contributed by atoms with Crippen molar-refractivity contribution in [1.82, 2.24) is 5.32 Å². The number of carbonyl (C=O) groups excluding carboxylic acids is 1. The van der Waals surface area contributed by atoms with Crippen molar-refractivity contribution < 1.29 is 32.6 Å². The summed E-state index contributed by atoms with van der Waals surface area (Å²) < 4.78 is 31.7. The topological polar surface area (TPSA) is 164 Å². The third kappa shape index (κ3) is 7.46. The van der Waals surface area contributed by atoms with Gasteiger partial charge in [-0.3, -0.25) is 24.3 Å². The molecule has 10 nitrogen and oxygen atoms in total. The molecule has 3 N–H and O–H groups in total. The minimum Gasteiger partial charge on any atom is -0.481 e. The van der Waals surface area contributed by atoms with Crippen LogP contribution in [0.15, 0.2) is 53.4 Å². The molecule has 1 amide bonds. The summed E-state index contributed by atoms with van der Waals surface area (Å²) in [5.41, 5.74) is -0.0108. The van der Waals surface area contributed by atoms with E-state index in [9.17, 15) is 33.2 Å². The molecule has 11 heteroatoms. The Labute approximate surface area is 178 Å². The summed E-state index contributed by atoms with van der Waals surface area (Å²) in [6.45, 7) is 0.167. The summed E-state index contributed by atoms with van der Waals surface area (Å²) in [5, 5.41) is 22.9. The lowest BCUT2D eigenvalue weighted by molar-refractivity contribution is -0.385. The fraction of sp³-hybridized carbons (Fsp3) is 0.300. The first-order valence-corrected chi connectivity index (χ1v) is 10.8. The third-order valence-electron chi connectivity index (χ3n) is 4.60. The molecule has 0 saturated heterocycles. The fourth-order valence-corrected chi connectivity index (χ4v) is 3.55. The summed E-state index contributed by atoms with van der Waals surface area (Å²) in [7, 11) is -4.73. The minimum absolute atomic E-state index is 0.167. The van der Waals surface area contributed by atoms with Crippen LogP contribution in [0, 0.1) is 16.0 Å². The summed E-state index contributed by atoms with van der Waals surface area (Å²) >= 11 is 0. The molecular formula is C20H22N2O8S. The van der Waals surface area contributed by atoms with Crippen molar-refractivity contribution in [3.8, 4) is 0 Å². The van der Waals surface area contributed by atoms with E-state index >= 15 is 0 Å². The maximum absolute atomic E-state index is 12.2. The number of rotatable bonds is 11. The average molecular weight is 450 g/mol. The number of hydrogen-bond donors (Lipinski definition) is 3. The van der Waals surface area contributed by atoms with Gasteiger partial charge in [-0.15, -0.1) is 0 Å². The molecule has 0 saturated carbocycles. The highest BCUT2D eigenvalue weighted by atomic mass is 32.2. The lowest BCUT2D eigenvalue weighted by Gasteiger charge is -2.12. The maximum Gasteiger partial charge on any atom is 0.306 e. The van der Waals surface area contributed by atoms with Crippen LogP contribution in [0.25, 0.3) is 0 Å². The van der Waals surface area contributed by atoms with Gasteiger partial charge in [-0.2, -0.15) is 8.42 Å². The number of nitro benzene ring substituents is 1. The third-order valence-corrected chi connectivity index (χ3v) is 5.43. The number of benzene rings is 2. The van der Waals surface area contributed by atoms with E-state index in [-0.39, 0.29) is 12.1 Å². The number of carbonyl (C=O) groups is 2. The first-order valence-electron chi connectivity index (χ1n) is 9.40. The lowest BCUT2D eigenvalue weighted by atomic mass is 9.94. The van der Waals surface area contributed by atoms with E-state index in [0.717, 1.165) is 17.7 Å². The Morgan fingerprint density at radius 1 is 1.10 bits per heavy atom. The van der Waals surface area contributed by atoms with Crippen LogP contribution in [-0.2, 0) is 21.3 Å². The van der Waals surface area contributed by atoms with Crippen molar-refractivity contribution in [3.05, 3.63) is 69.8 Å². The first-order chi connectivity index (χ1) is 14.6. The van der Waals surface area contributed by atoms with E-state index < -0.39 is 43.4 Å². The van der Waals surface area contributed by atoms with Crippen LogP contribution in [0.3, 0.4) is 0 Å². The molecule has 2 aromatic carbocycles. The van der Waals surface area contributed by atoms with E-state index in [1.807, 2.05) is 30.3 Å². The van der Waals surface area contributed by atoms with Gasteiger partial charge in [0, 0.05) is 24.2 Å². The molecule has 2 rings (SSSR count). The fourth-order valence-electron chi connectivity index (χ4n) is 3.00. The molecule has 2 aromatic rings. The number of nitro groups is 1. The maximum atomic E-state index is 12.2. The zero-order valence-corrected chi connectivity index (χ0v) is 17.2. The van der Waals surface area contributed by atoms with E-state index in [4.69, 9.17) is 4.55 Å². The zero-order chi connectivity index (χ0) is 23.0. The molecule has 31 heavy (non-hydrogen) atoms. The molecule has 0 heterocycles. The summed E-state index contributed by atoms with van der Waals surface area (Å²) in [6.07, 6.45) is 1.79. The largest absolute Gasteiger partial charge is 0.481 e. The van der Waals surface area contributed by atoms with Crippen molar-refractivity contribution in [2.24, 2.45) is 5.92 Å². The van der Waals surface area contributed by atoms with E-state index in [2.05, 4.69) is 5.32 Å². The van der Waals surface area contributed by atoms with Gasteiger partial charge in [0.25, 0.3) is 21.7 Å². The van der Waals surface area contributed by atoms with Crippen molar-refractivity contribution in [2.75, 3.05) is 6.54 Å². The van der Waals surface area contributed by atoms with Crippen LogP contribution in [0.1, 0.15) is 35.2 Å². The molecule has 0 fully saturated rings. The standard InChI is InChI=1S/C20H22N2O8S/c23-19(16-11-17(22(26)27)13-18(12-16)31(28,29)30)21-9-5-4-8-15(20(24)25)10-14-6-2-1-3-7-14/h1-3,6-7,11-13,15H,4-5,8-10H2,(H,21,23)(H,24,25)(H,28,29,30). The predicted molar refractivity (Wildman–Crippen MR) is 110 cm³/mol. The Balaban J connectivity index is 1.91. The predicted octanol–water partition coefficient (Wildman–Crippen LogP) is 2.69. The second-order valence-corrected chi connectivity index (χ2v) is 8.35. The van der Waals surface area contributed by atoms with Gasteiger partial charge in [0.05, 0.1) is 10.8 Å². The van der Waals surface area contributed by atoms with Crippen LogP contribution in [-0.4, -0.2) is 41.4 Å². The highest BCUT2D eigenvalue weighted by Gasteiger charge is 2.20. The molecular weight excluding hydrogens is 428 g/mol. The van der Waals surface area contributed by atoms with Crippen LogP contribution in [0.5, 0.6) is 0 Å². The molecule has 0 spiro atoms. The quantitative estimate of drug-likeness (QED) is 0.203. The summed E-state index contributed by atoms with van der Waals surface area (Å²) in [6, 6.07) is 11.7. The molecule has 0 aliphatic carbocycles. The normalized spacial score (nSPS) is 12.2. The minimum atomic E-state index is -4.73. The second kappa shape index (κ2) is 10.6. The van der Waals surface area contributed by atoms with Gasteiger partial charge in [0.15, 0.2) is 0 Å². The van der Waals surface area contributed by atoms with Gasteiger partial charge in [-0.1, -0.05) is 36.8 Å². The highest BCUT2D eigenvalue weighted by Crippen LogP contribution is 2.21. The van der Waals surface area contributed by atoms with Gasteiger partial charge in [-0.05, 0) is 30.9 Å². The number of carboxylic acids is 1. The Bertz CT molecular complexity index is 1050. The molecule has 166 valence electrons. The number of aliphatic carboxylic acids is 1. The number of carboxylic acid groups (broad SMARTS) is 1. The number of nitrogens with zero attached hydrogens (tertiary/aromatic N) is 1. The Morgan fingerprint density at radius 3 is 2.35 bits per heavy atom. The van der Waals surface area contributed by atoms with Gasteiger partial charge >= 0.3 is 5.97 Å². The van der Waals surface area contributed by atoms with Crippen LogP contribution in [0.4, 0.5) is 5.69 Å². The SMILES string of the molecule is O=C(NCCCCC(Cc1ccccc1)C(=O)O)c1cc([N+](=O)[O-])cc(S(=O)(=O)O)c1. The Morgan fingerprint density at radius 2 is 1.77 bits per heavy atom. The molecule has 0 aromatic heterocycles. The lowest BCUT2D eigenvalue weighted by Crippen LogP contribution is -2.25. The number of hydrogen-bond acceptors (Lipinski definition) is 6. The summed E-state index contributed by atoms with van der Waals surface area (Å²) in [4.78, 5) is 33.0. The van der Waals surface area contributed by atoms with Crippen LogP contribution >= 0.6 is 0 Å². The number of unbranched alkanes of at least 4 members (excludes halogenated alkanes) is 1. The first kappa shape index (κ1) is 24.0. The second-order valence-electron chi connectivity index (χ2n) is 6.92. The number of non-ortho nitro benzene ring substituents is 1. The average Bonchev–Trinajstić information content (AvgIpc) is 2.72. The molecule has 1 unspecified atom stereocenters. The van der Waals surface area contributed by atoms with Crippen LogP contribution in [0.2, 0.25) is 0 Å². The van der Waals surface area contributed by atoms with Crippen molar-refractivity contribution >= 4 is 27.7 Å². The molecule has 1 atom stereocenters. The summed E-state index contributed by atoms with van der Waals surface area (Å²) in [5.74, 6) is -2.21. The smallest absolute Gasteiger partial charge is 0.306 e. The molecule has 0 bridgehead atoms. The van der Waals surface area contributed by atoms with E-state index in [1.54, 1.807) is 0 Å². The van der Waals surface area contributed by atoms with Crippen molar-refractivity contribution in [3.63, 3.8) is 0 Å². The van der Waals surface area contributed by atoms with Gasteiger partial charge in [0.2, 0.25) is 0 Å². The van der Waals surface area contributed by atoms with E-state index in [1.165, 1.54) is 0 Å². The van der Waals surface area contributed by atoms with Gasteiger partial charge in [0.1, 0.15) is 4.90 Å². The number of nitrogens with one attached hydrogen (secondary N) is 1.